The normalized spacial score (nSPS) is 16.1. The van der Waals surface area contributed by atoms with Crippen molar-refractivity contribution in [2.75, 3.05) is 18.9 Å². The van der Waals surface area contributed by atoms with E-state index >= 15 is 0 Å². The van der Waals surface area contributed by atoms with E-state index < -0.39 is 15.9 Å². The number of anilines is 1. The van der Waals surface area contributed by atoms with Crippen LogP contribution in [0.25, 0.3) is 0 Å². The van der Waals surface area contributed by atoms with Gasteiger partial charge in [-0.1, -0.05) is 29.3 Å². The van der Waals surface area contributed by atoms with Gasteiger partial charge in [0.05, 0.1) is 9.92 Å². The number of nitrogens with zero attached hydrogens (tertiary/aromatic N) is 3. The summed E-state index contributed by atoms with van der Waals surface area (Å²) < 4.78 is 30.5. The van der Waals surface area contributed by atoms with Crippen molar-refractivity contribution in [1.82, 2.24) is 9.47 Å². The zero-order chi connectivity index (χ0) is 19.8. The number of amides is 1. The molecule has 144 valence electrons. The van der Waals surface area contributed by atoms with Gasteiger partial charge in [-0.2, -0.15) is 8.42 Å². The molecule has 0 radical (unpaired) electrons. The lowest BCUT2D eigenvalue weighted by molar-refractivity contribution is 0.101. The van der Waals surface area contributed by atoms with E-state index in [1.54, 1.807) is 19.2 Å². The van der Waals surface area contributed by atoms with Crippen molar-refractivity contribution in [3.05, 3.63) is 46.2 Å². The van der Waals surface area contributed by atoms with Crippen molar-refractivity contribution in [2.24, 2.45) is 11.4 Å². The molecule has 2 heterocycles. The first kappa shape index (κ1) is 19.7. The zero-order valence-corrected chi connectivity index (χ0v) is 17.1. The van der Waals surface area contributed by atoms with Crippen LogP contribution in [0.2, 0.25) is 10.2 Å². The Morgan fingerprint density at radius 1 is 1.22 bits per heavy atom. The first-order valence-electron chi connectivity index (χ1n) is 8.16. The van der Waals surface area contributed by atoms with Crippen molar-refractivity contribution in [3.8, 4) is 0 Å². The van der Waals surface area contributed by atoms with Gasteiger partial charge in [-0.3, -0.25) is 4.79 Å². The van der Waals surface area contributed by atoms with Crippen molar-refractivity contribution in [2.45, 2.75) is 17.7 Å². The first-order chi connectivity index (χ1) is 12.7. The average Bonchev–Trinajstić information content (AvgIpc) is 3.13. The maximum absolute atomic E-state index is 12.6. The molecule has 1 N–H and O–H groups in total. The molecule has 1 amide bonds. The van der Waals surface area contributed by atoms with E-state index in [2.05, 4.69) is 9.71 Å². The fourth-order valence-electron chi connectivity index (χ4n) is 2.79. The third-order valence-electron chi connectivity index (χ3n) is 4.30. The smallest absolute Gasteiger partial charge is 0.284 e. The number of benzene rings is 1. The Morgan fingerprint density at radius 2 is 1.96 bits per heavy atom. The summed E-state index contributed by atoms with van der Waals surface area (Å²) in [6, 6.07) is 7.41. The predicted molar refractivity (Wildman–Crippen MR) is 106 cm³/mol. The second kappa shape index (κ2) is 7.53. The van der Waals surface area contributed by atoms with Crippen LogP contribution in [0.5, 0.6) is 0 Å². The van der Waals surface area contributed by atoms with Gasteiger partial charge in [-0.05, 0) is 30.7 Å². The highest BCUT2D eigenvalue weighted by Crippen LogP contribution is 2.26. The molecule has 0 bridgehead atoms. The molecule has 1 aromatic carbocycles. The van der Waals surface area contributed by atoms with Gasteiger partial charge in [0, 0.05) is 32.7 Å². The highest BCUT2D eigenvalue weighted by Gasteiger charge is 2.21. The maximum Gasteiger partial charge on any atom is 0.284 e. The minimum absolute atomic E-state index is 0.0102. The second-order valence-corrected chi connectivity index (χ2v) is 8.59. The van der Waals surface area contributed by atoms with Crippen LogP contribution in [0.4, 0.5) is 5.69 Å². The summed E-state index contributed by atoms with van der Waals surface area (Å²) in [7, 11) is -0.440. The molecule has 1 saturated heterocycles. The minimum Gasteiger partial charge on any atom is -0.362 e. The Hall–Kier alpha value is -2.03. The molecule has 27 heavy (non-hydrogen) atoms. The number of nitrogens with one attached hydrogen (secondary N) is 1. The SMILES string of the molecule is CN1CCCC1=NS(=O)(=O)c1cccc(NC(=O)c2cc(Cl)c(Cl)n2C)c1. The number of aromatic nitrogens is 1. The van der Waals surface area contributed by atoms with Crippen molar-refractivity contribution < 1.29 is 13.2 Å². The van der Waals surface area contributed by atoms with Crippen molar-refractivity contribution in [1.29, 1.82) is 0 Å². The maximum atomic E-state index is 12.6. The number of hydrogen-bond acceptors (Lipinski definition) is 3. The van der Waals surface area contributed by atoms with E-state index in [1.807, 2.05) is 11.9 Å². The molecule has 1 fully saturated rings. The highest BCUT2D eigenvalue weighted by atomic mass is 35.5. The summed E-state index contributed by atoms with van der Waals surface area (Å²) >= 11 is 11.9. The van der Waals surface area contributed by atoms with E-state index in [-0.39, 0.29) is 20.8 Å². The van der Waals surface area contributed by atoms with E-state index in [0.29, 0.717) is 17.9 Å². The third kappa shape index (κ3) is 4.12. The van der Waals surface area contributed by atoms with Crippen LogP contribution in [0.3, 0.4) is 0 Å². The molecule has 0 unspecified atom stereocenters. The van der Waals surface area contributed by atoms with Crippen LogP contribution in [0.15, 0.2) is 39.6 Å². The van der Waals surface area contributed by atoms with Crippen LogP contribution < -0.4 is 5.32 Å². The van der Waals surface area contributed by atoms with E-state index in [4.69, 9.17) is 23.2 Å². The van der Waals surface area contributed by atoms with Gasteiger partial charge in [0.15, 0.2) is 0 Å². The summed E-state index contributed by atoms with van der Waals surface area (Å²) in [5.74, 6) is 0.0835. The molecule has 0 aliphatic carbocycles. The van der Waals surface area contributed by atoms with Crippen LogP contribution in [0, 0.1) is 0 Å². The highest BCUT2D eigenvalue weighted by molar-refractivity contribution is 7.90. The quantitative estimate of drug-likeness (QED) is 0.808. The summed E-state index contributed by atoms with van der Waals surface area (Å²) in [5.41, 5.74) is 0.584. The van der Waals surface area contributed by atoms with E-state index in [0.717, 1.165) is 13.0 Å². The zero-order valence-electron chi connectivity index (χ0n) is 14.7. The molecule has 1 aliphatic rings. The molecule has 1 aliphatic heterocycles. The molecular weight excluding hydrogens is 411 g/mol. The number of sulfonamides is 1. The first-order valence-corrected chi connectivity index (χ1v) is 10.4. The number of amidine groups is 1. The van der Waals surface area contributed by atoms with Crippen LogP contribution >= 0.6 is 23.2 Å². The number of hydrogen-bond donors (Lipinski definition) is 1. The number of carbonyl (C=O) groups excluding carboxylic acids is 1. The van der Waals surface area contributed by atoms with Gasteiger partial charge in [0.1, 0.15) is 16.7 Å². The lowest BCUT2D eigenvalue weighted by Crippen LogP contribution is -2.20. The molecule has 10 heteroatoms. The lowest BCUT2D eigenvalue weighted by Gasteiger charge is -2.11. The Kier molecular flexibility index (Phi) is 5.50. The molecular formula is C17H18Cl2N4O3S. The van der Waals surface area contributed by atoms with E-state index in [1.165, 1.54) is 22.8 Å². The monoisotopic (exact) mass is 428 g/mol. The number of halogens is 2. The van der Waals surface area contributed by atoms with Crippen LogP contribution in [-0.4, -0.2) is 43.2 Å². The fraction of sp³-hybridized carbons (Fsp3) is 0.294. The lowest BCUT2D eigenvalue weighted by atomic mass is 10.3. The third-order valence-corrected chi connectivity index (χ3v) is 6.44. The van der Waals surface area contributed by atoms with Gasteiger partial charge < -0.3 is 14.8 Å². The van der Waals surface area contributed by atoms with Gasteiger partial charge in [-0.15, -0.1) is 4.40 Å². The summed E-state index contributed by atoms with van der Waals surface area (Å²) in [6.45, 7) is 0.784. The van der Waals surface area contributed by atoms with Gasteiger partial charge >= 0.3 is 0 Å². The largest absolute Gasteiger partial charge is 0.362 e. The number of likely N-dealkylation sites (tertiary alicyclic amines) is 1. The van der Waals surface area contributed by atoms with Gasteiger partial charge in [0.2, 0.25) is 0 Å². The minimum atomic E-state index is -3.86. The van der Waals surface area contributed by atoms with E-state index in [9.17, 15) is 13.2 Å². The average molecular weight is 429 g/mol. The summed E-state index contributed by atoms with van der Waals surface area (Å²) in [4.78, 5) is 14.3. The molecule has 2 aromatic rings. The Labute approximate surface area is 167 Å². The topological polar surface area (TPSA) is 83.8 Å². The van der Waals surface area contributed by atoms with Crippen LogP contribution in [-0.2, 0) is 17.1 Å². The molecule has 7 nitrogen and oxygen atoms in total. The fourth-order valence-corrected chi connectivity index (χ4v) is 4.31. The molecule has 3 rings (SSSR count). The molecule has 0 spiro atoms. The summed E-state index contributed by atoms with van der Waals surface area (Å²) in [5, 5.41) is 3.16. The molecule has 1 aromatic heterocycles. The second-order valence-electron chi connectivity index (χ2n) is 6.22. The number of carbonyl (C=O) groups is 1. The molecule has 0 atom stereocenters. The van der Waals surface area contributed by atoms with Gasteiger partial charge in [0.25, 0.3) is 15.9 Å². The molecule has 0 saturated carbocycles. The van der Waals surface area contributed by atoms with Crippen LogP contribution in [0.1, 0.15) is 23.3 Å². The standard InChI is InChI=1S/C17H18Cl2N4O3S/c1-22-8-4-7-15(22)21-27(25,26)12-6-3-5-11(9-12)20-17(24)14-10-13(18)16(19)23(14)2/h3,5-6,9-10H,4,7-8H2,1-2H3,(H,20,24). The number of rotatable bonds is 4. The van der Waals surface area contributed by atoms with Gasteiger partial charge in [-0.25, -0.2) is 0 Å². The Bertz CT molecular complexity index is 1030. The Balaban J connectivity index is 1.85. The van der Waals surface area contributed by atoms with Crippen molar-refractivity contribution >= 4 is 50.7 Å². The predicted octanol–water partition coefficient (Wildman–Crippen LogP) is 3.40. The Morgan fingerprint density at radius 3 is 2.56 bits per heavy atom. The van der Waals surface area contributed by atoms with Crippen molar-refractivity contribution in [3.63, 3.8) is 0 Å². The summed E-state index contributed by atoms with van der Waals surface area (Å²) in [6.07, 6.45) is 1.50.